The zero-order valence-electron chi connectivity index (χ0n) is 17.8. The van der Waals surface area contributed by atoms with E-state index in [0.29, 0.717) is 0 Å². The molecule has 0 fully saturated rings. The van der Waals surface area contributed by atoms with Gasteiger partial charge in [-0.1, -0.05) is 13.8 Å². The Hall–Kier alpha value is 0.274. The van der Waals surface area contributed by atoms with E-state index in [1.807, 2.05) is 0 Å². The lowest BCUT2D eigenvalue weighted by atomic mass is 10.5. The Kier molecular flexibility index (Phi) is 11.2. The van der Waals surface area contributed by atoms with Crippen molar-refractivity contribution in [2.75, 3.05) is 0 Å². The van der Waals surface area contributed by atoms with E-state index in [1.165, 1.54) is 0 Å². The van der Waals surface area contributed by atoms with Gasteiger partial charge < -0.3 is 17.7 Å². The van der Waals surface area contributed by atoms with Crippen LogP contribution in [0.25, 0.3) is 0 Å². The van der Waals surface area contributed by atoms with Crippen molar-refractivity contribution in [3.05, 3.63) is 0 Å². The van der Waals surface area contributed by atoms with E-state index in [2.05, 4.69) is 69.2 Å². The van der Waals surface area contributed by atoms with E-state index >= 15 is 0 Å². The van der Waals surface area contributed by atoms with Gasteiger partial charge in [-0.05, 0) is 79.6 Å². The van der Waals surface area contributed by atoms with Crippen LogP contribution >= 0.6 is 0 Å². The van der Waals surface area contributed by atoms with Crippen LogP contribution in [-0.4, -0.2) is 41.5 Å². The normalized spacial score (nSPS) is 13.8. The van der Waals surface area contributed by atoms with Crippen molar-refractivity contribution in [1.29, 1.82) is 0 Å². The van der Waals surface area contributed by atoms with Gasteiger partial charge in [0.2, 0.25) is 0 Å². The van der Waals surface area contributed by atoms with Gasteiger partial charge in [0.1, 0.15) is 0 Å². The van der Waals surface area contributed by atoms with Crippen LogP contribution in [0.5, 0.6) is 0 Å². The molecule has 0 saturated carbocycles. The van der Waals surface area contributed by atoms with Gasteiger partial charge in [-0.3, -0.25) is 0 Å². The molecule has 0 aliphatic carbocycles. The minimum Gasteiger partial charge on any atom is -0.392 e. The van der Waals surface area contributed by atoms with Crippen LogP contribution in [-0.2, 0) is 17.7 Å². The Labute approximate surface area is 153 Å². The lowest BCUT2D eigenvalue weighted by molar-refractivity contribution is 0.0951. The predicted molar refractivity (Wildman–Crippen MR) is 107 cm³/mol. The summed E-state index contributed by atoms with van der Waals surface area (Å²) >= 11 is 0. The smallest absolute Gasteiger partial charge is 0.338 e. The number of hydrogen-bond acceptors (Lipinski definition) is 4. The van der Waals surface area contributed by atoms with Crippen LogP contribution in [0.1, 0.15) is 69.2 Å². The highest BCUT2D eigenvalue weighted by molar-refractivity contribution is 6.73. The maximum atomic E-state index is 6.38. The molecule has 0 heterocycles. The summed E-state index contributed by atoms with van der Waals surface area (Å²) < 4.78 is 25.5. The highest BCUT2D eigenvalue weighted by Crippen LogP contribution is 2.32. The summed E-state index contributed by atoms with van der Waals surface area (Å²) in [6.45, 7) is 21.2. The molecule has 0 bridgehead atoms. The molecule has 0 aromatic rings. The van der Waals surface area contributed by atoms with Gasteiger partial charge in [-0.25, -0.2) is 0 Å². The maximum absolute atomic E-state index is 6.38. The third kappa shape index (κ3) is 9.10. The molecule has 0 N–H and O–H groups in total. The molecule has 0 aliphatic heterocycles. The molecule has 0 radical (unpaired) electrons. The minimum atomic E-state index is -2.25. The van der Waals surface area contributed by atoms with E-state index < -0.39 is 17.1 Å². The zero-order valence-corrected chi connectivity index (χ0v) is 19.8. The van der Waals surface area contributed by atoms with Crippen LogP contribution in [0, 0.1) is 0 Å². The SMILES string of the molecule is CC[Si](CC[Si](CC)(OC(C)C)OC(C)C)(OC(C)C)OC(C)C. The van der Waals surface area contributed by atoms with E-state index in [9.17, 15) is 0 Å². The fourth-order valence-corrected chi connectivity index (χ4v) is 11.5. The molecule has 0 unspecified atom stereocenters. The van der Waals surface area contributed by atoms with Gasteiger partial charge in [-0.15, -0.1) is 0 Å². The lowest BCUT2D eigenvalue weighted by Gasteiger charge is -2.38. The second kappa shape index (κ2) is 11.1. The number of rotatable bonds is 13. The van der Waals surface area contributed by atoms with E-state index in [4.69, 9.17) is 17.7 Å². The Balaban J connectivity index is 5.32. The number of hydrogen-bond donors (Lipinski definition) is 0. The first-order chi connectivity index (χ1) is 11.0. The van der Waals surface area contributed by atoms with E-state index in [-0.39, 0.29) is 24.4 Å². The molecule has 0 rings (SSSR count). The molecule has 0 spiro atoms. The quantitative estimate of drug-likeness (QED) is 0.390. The van der Waals surface area contributed by atoms with Crippen molar-refractivity contribution in [1.82, 2.24) is 0 Å². The molecule has 0 amide bonds. The van der Waals surface area contributed by atoms with Crippen molar-refractivity contribution < 1.29 is 17.7 Å². The van der Waals surface area contributed by atoms with Crippen molar-refractivity contribution in [3.8, 4) is 0 Å². The van der Waals surface area contributed by atoms with Crippen LogP contribution in [0.4, 0.5) is 0 Å². The highest BCUT2D eigenvalue weighted by Gasteiger charge is 2.45. The third-order valence-electron chi connectivity index (χ3n) is 3.77. The average molecular weight is 379 g/mol. The van der Waals surface area contributed by atoms with Crippen LogP contribution < -0.4 is 0 Å². The molecule has 146 valence electrons. The Morgan fingerprint density at radius 3 is 0.833 bits per heavy atom. The van der Waals surface area contributed by atoms with Crippen molar-refractivity contribution in [2.45, 2.75) is 118 Å². The second-order valence-corrected chi connectivity index (χ2v) is 14.7. The van der Waals surface area contributed by atoms with Gasteiger partial charge in [0.15, 0.2) is 0 Å². The standard InChI is InChI=1S/C18H42O4Si2/c1-11-23(19-15(3)4,20-16(5)6)13-14-24(12-2,21-17(7)8)22-18(9)10/h15-18H,11-14H2,1-10H3. The van der Waals surface area contributed by atoms with Gasteiger partial charge in [0.05, 0.1) is 0 Å². The first kappa shape index (κ1) is 24.3. The Morgan fingerprint density at radius 2 is 0.708 bits per heavy atom. The van der Waals surface area contributed by atoms with E-state index in [1.54, 1.807) is 0 Å². The van der Waals surface area contributed by atoms with Crippen LogP contribution in [0.2, 0.25) is 24.2 Å². The van der Waals surface area contributed by atoms with Gasteiger partial charge in [-0.2, -0.15) is 0 Å². The summed E-state index contributed by atoms with van der Waals surface area (Å²) in [6.07, 6.45) is 0.741. The molecule has 0 aromatic carbocycles. The molecule has 0 aliphatic rings. The summed E-state index contributed by atoms with van der Waals surface area (Å²) in [5, 5.41) is 0. The Morgan fingerprint density at radius 1 is 0.500 bits per heavy atom. The third-order valence-corrected chi connectivity index (χ3v) is 12.0. The van der Waals surface area contributed by atoms with Crippen LogP contribution in [0.3, 0.4) is 0 Å². The fraction of sp³-hybridized carbons (Fsp3) is 1.00. The topological polar surface area (TPSA) is 36.9 Å². The molecule has 4 nitrogen and oxygen atoms in total. The summed E-state index contributed by atoms with van der Waals surface area (Å²) in [4.78, 5) is 0. The molecule has 24 heavy (non-hydrogen) atoms. The molecular formula is C18H42O4Si2. The Bertz CT molecular complexity index is 281. The summed E-state index contributed by atoms with van der Waals surface area (Å²) in [6, 6.07) is 3.81. The summed E-state index contributed by atoms with van der Waals surface area (Å²) in [5.74, 6) is 0. The lowest BCUT2D eigenvalue weighted by Crippen LogP contribution is -2.50. The maximum Gasteiger partial charge on any atom is 0.338 e. The molecule has 0 aromatic heterocycles. The molecule has 0 atom stereocenters. The molecule has 6 heteroatoms. The highest BCUT2D eigenvalue weighted by atomic mass is 28.4. The van der Waals surface area contributed by atoms with Gasteiger partial charge in [0.25, 0.3) is 0 Å². The largest absolute Gasteiger partial charge is 0.392 e. The minimum absolute atomic E-state index is 0.185. The summed E-state index contributed by atoms with van der Waals surface area (Å²) in [7, 11) is -4.50. The predicted octanol–water partition coefficient (Wildman–Crippen LogP) is 5.61. The van der Waals surface area contributed by atoms with Crippen molar-refractivity contribution >= 4 is 17.1 Å². The van der Waals surface area contributed by atoms with Crippen molar-refractivity contribution in [2.24, 2.45) is 0 Å². The first-order valence-electron chi connectivity index (χ1n) is 9.71. The zero-order chi connectivity index (χ0) is 19.0. The second-order valence-electron chi connectivity index (χ2n) is 7.69. The average Bonchev–Trinajstić information content (AvgIpc) is 2.42. The monoisotopic (exact) mass is 378 g/mol. The summed E-state index contributed by atoms with van der Waals surface area (Å²) in [5.41, 5.74) is 0. The first-order valence-corrected chi connectivity index (χ1v) is 14.2. The van der Waals surface area contributed by atoms with E-state index in [0.717, 1.165) is 24.2 Å². The van der Waals surface area contributed by atoms with Gasteiger partial charge in [0, 0.05) is 24.4 Å². The fourth-order valence-electron chi connectivity index (χ4n) is 3.08. The van der Waals surface area contributed by atoms with Crippen LogP contribution in [0.15, 0.2) is 0 Å². The van der Waals surface area contributed by atoms with Gasteiger partial charge >= 0.3 is 17.1 Å². The molecular weight excluding hydrogens is 336 g/mol. The van der Waals surface area contributed by atoms with Crippen molar-refractivity contribution in [3.63, 3.8) is 0 Å². The molecule has 0 saturated heterocycles.